The molecule has 0 aliphatic carbocycles. The highest BCUT2D eigenvalue weighted by atomic mass is 19.4. The summed E-state index contributed by atoms with van der Waals surface area (Å²) < 4.78 is 38.4. The molecule has 23 heavy (non-hydrogen) atoms. The molecule has 2 heterocycles. The fraction of sp³-hybridized carbons (Fsp3) is 0.643. The maximum absolute atomic E-state index is 12.5. The molecule has 2 amide bonds. The van der Waals surface area contributed by atoms with Crippen LogP contribution in [0.1, 0.15) is 25.5 Å². The Hall–Kier alpha value is -2.06. The van der Waals surface area contributed by atoms with Crippen LogP contribution < -0.4 is 5.32 Å². The number of rotatable bonds is 4. The molecule has 0 aromatic carbocycles. The van der Waals surface area contributed by atoms with Crippen molar-refractivity contribution < 1.29 is 22.8 Å². The predicted octanol–water partition coefficient (Wildman–Crippen LogP) is 1.28. The van der Waals surface area contributed by atoms with Gasteiger partial charge in [0.15, 0.2) is 5.69 Å². The summed E-state index contributed by atoms with van der Waals surface area (Å²) >= 11 is 0. The zero-order chi connectivity index (χ0) is 17.0. The number of carbonyl (C=O) groups is 2. The predicted molar refractivity (Wildman–Crippen MR) is 75.2 cm³/mol. The number of amides is 2. The van der Waals surface area contributed by atoms with Crippen molar-refractivity contribution in [3.05, 3.63) is 18.0 Å². The van der Waals surface area contributed by atoms with Crippen molar-refractivity contribution >= 4 is 11.8 Å². The molecule has 0 saturated carbocycles. The van der Waals surface area contributed by atoms with Crippen molar-refractivity contribution in [1.29, 1.82) is 0 Å². The van der Waals surface area contributed by atoms with Crippen LogP contribution in [-0.2, 0) is 22.3 Å². The van der Waals surface area contributed by atoms with E-state index in [1.165, 1.54) is 6.92 Å². The van der Waals surface area contributed by atoms with Crippen LogP contribution in [0.2, 0.25) is 0 Å². The van der Waals surface area contributed by atoms with Crippen LogP contribution in [0, 0.1) is 5.92 Å². The lowest BCUT2D eigenvalue weighted by atomic mass is 9.97. The molecule has 6 nitrogen and oxygen atoms in total. The quantitative estimate of drug-likeness (QED) is 0.903. The maximum Gasteiger partial charge on any atom is 0.435 e. The first-order chi connectivity index (χ1) is 10.8. The number of hydrogen-bond acceptors (Lipinski definition) is 3. The third-order valence-corrected chi connectivity index (χ3v) is 3.84. The highest BCUT2D eigenvalue weighted by Gasteiger charge is 2.33. The molecule has 1 N–H and O–H groups in total. The first-order valence-corrected chi connectivity index (χ1v) is 7.38. The van der Waals surface area contributed by atoms with E-state index >= 15 is 0 Å². The van der Waals surface area contributed by atoms with E-state index in [1.54, 1.807) is 4.90 Å². The van der Waals surface area contributed by atoms with Gasteiger partial charge in [-0.1, -0.05) is 0 Å². The molecule has 128 valence electrons. The van der Waals surface area contributed by atoms with Crippen molar-refractivity contribution in [2.75, 3.05) is 19.6 Å². The van der Waals surface area contributed by atoms with Crippen LogP contribution >= 0.6 is 0 Å². The lowest BCUT2D eigenvalue weighted by Gasteiger charge is -2.32. The Bertz CT molecular complexity index is 563. The van der Waals surface area contributed by atoms with Crippen LogP contribution in [0.15, 0.2) is 12.3 Å². The minimum Gasteiger partial charge on any atom is -0.356 e. The van der Waals surface area contributed by atoms with Gasteiger partial charge < -0.3 is 10.2 Å². The molecule has 0 spiro atoms. The van der Waals surface area contributed by atoms with Gasteiger partial charge in [-0.2, -0.15) is 18.3 Å². The summed E-state index contributed by atoms with van der Waals surface area (Å²) in [5, 5.41) is 6.13. The number of nitrogens with zero attached hydrogens (tertiary/aromatic N) is 3. The summed E-state index contributed by atoms with van der Waals surface area (Å²) in [6, 6.07) is 0.854. The number of alkyl halides is 3. The van der Waals surface area contributed by atoms with Gasteiger partial charge in [0.05, 0.1) is 0 Å². The monoisotopic (exact) mass is 332 g/mol. The Kier molecular flexibility index (Phi) is 5.27. The first-order valence-electron chi connectivity index (χ1n) is 7.38. The molecule has 1 aliphatic heterocycles. The zero-order valence-electron chi connectivity index (χ0n) is 12.8. The van der Waals surface area contributed by atoms with Gasteiger partial charge in [0, 0.05) is 32.8 Å². The first kappa shape index (κ1) is 17.3. The highest BCUT2D eigenvalue weighted by Crippen LogP contribution is 2.27. The SMILES string of the molecule is CC(=O)NCC1CCN(C(=O)Cn2ccc(C(F)(F)F)n2)CC1. The standard InChI is InChI=1S/C14H19F3N4O2/c1-10(22)18-8-11-2-5-20(6-3-11)13(23)9-21-7-4-12(19-21)14(15,16)17/h4,7,11H,2-3,5-6,8-9H2,1H3,(H,18,22). The third kappa shape index (κ3) is 4.97. The van der Waals surface area contributed by atoms with E-state index in [2.05, 4.69) is 10.4 Å². The average molecular weight is 332 g/mol. The van der Waals surface area contributed by atoms with Crippen molar-refractivity contribution in [3.8, 4) is 0 Å². The Morgan fingerprint density at radius 2 is 2.00 bits per heavy atom. The summed E-state index contributed by atoms with van der Waals surface area (Å²) in [7, 11) is 0. The summed E-state index contributed by atoms with van der Waals surface area (Å²) in [6.45, 7) is 2.92. The molecule has 9 heteroatoms. The van der Waals surface area contributed by atoms with Gasteiger partial charge in [-0.25, -0.2) is 0 Å². The van der Waals surface area contributed by atoms with E-state index in [4.69, 9.17) is 0 Å². The number of carbonyl (C=O) groups excluding carboxylic acids is 2. The van der Waals surface area contributed by atoms with E-state index in [9.17, 15) is 22.8 Å². The van der Waals surface area contributed by atoms with E-state index in [1.807, 2.05) is 0 Å². The third-order valence-electron chi connectivity index (χ3n) is 3.84. The number of hydrogen-bond donors (Lipinski definition) is 1. The van der Waals surface area contributed by atoms with E-state index in [0.717, 1.165) is 29.8 Å². The second-order valence-electron chi connectivity index (χ2n) is 5.66. The minimum atomic E-state index is -4.50. The van der Waals surface area contributed by atoms with E-state index < -0.39 is 11.9 Å². The van der Waals surface area contributed by atoms with E-state index in [0.29, 0.717) is 25.6 Å². The molecule has 1 aliphatic rings. The van der Waals surface area contributed by atoms with Crippen molar-refractivity contribution in [2.24, 2.45) is 5.92 Å². The second-order valence-corrected chi connectivity index (χ2v) is 5.66. The molecule has 0 bridgehead atoms. The highest BCUT2D eigenvalue weighted by molar-refractivity contribution is 5.76. The van der Waals surface area contributed by atoms with Crippen LogP contribution in [0.3, 0.4) is 0 Å². The molecule has 2 rings (SSSR count). The van der Waals surface area contributed by atoms with Gasteiger partial charge >= 0.3 is 6.18 Å². The summed E-state index contributed by atoms with van der Waals surface area (Å²) in [5.41, 5.74) is -1.00. The molecular weight excluding hydrogens is 313 g/mol. The Labute approximate surface area is 131 Å². The lowest BCUT2D eigenvalue weighted by Crippen LogP contribution is -2.42. The van der Waals surface area contributed by atoms with Gasteiger partial charge in [-0.05, 0) is 24.8 Å². The molecule has 0 unspecified atom stereocenters. The van der Waals surface area contributed by atoms with Crippen molar-refractivity contribution in [1.82, 2.24) is 20.0 Å². The maximum atomic E-state index is 12.5. The van der Waals surface area contributed by atoms with Gasteiger partial charge in [-0.3, -0.25) is 14.3 Å². The smallest absolute Gasteiger partial charge is 0.356 e. The summed E-state index contributed by atoms with van der Waals surface area (Å²) in [5.74, 6) is -0.00746. The topological polar surface area (TPSA) is 67.2 Å². The lowest BCUT2D eigenvalue weighted by molar-refractivity contribution is -0.142. The van der Waals surface area contributed by atoms with Gasteiger partial charge in [0.1, 0.15) is 6.54 Å². The van der Waals surface area contributed by atoms with Crippen molar-refractivity contribution in [2.45, 2.75) is 32.5 Å². The molecule has 1 fully saturated rings. The van der Waals surface area contributed by atoms with E-state index in [-0.39, 0.29) is 18.4 Å². The van der Waals surface area contributed by atoms with Gasteiger partial charge in [0.25, 0.3) is 0 Å². The van der Waals surface area contributed by atoms with Crippen LogP contribution in [0.5, 0.6) is 0 Å². The fourth-order valence-electron chi connectivity index (χ4n) is 2.51. The Morgan fingerprint density at radius 3 is 2.52 bits per heavy atom. The van der Waals surface area contributed by atoms with Crippen LogP contribution in [0.25, 0.3) is 0 Å². The molecule has 0 atom stereocenters. The van der Waals surface area contributed by atoms with Gasteiger partial charge in [-0.15, -0.1) is 0 Å². The Morgan fingerprint density at radius 1 is 1.35 bits per heavy atom. The van der Waals surface area contributed by atoms with Crippen LogP contribution in [-0.4, -0.2) is 46.1 Å². The number of aromatic nitrogens is 2. The average Bonchev–Trinajstić information content (AvgIpc) is 2.94. The number of piperidine rings is 1. The Balaban J connectivity index is 1.81. The van der Waals surface area contributed by atoms with Crippen molar-refractivity contribution in [3.63, 3.8) is 0 Å². The summed E-state index contributed by atoms with van der Waals surface area (Å²) in [6.07, 6.45) is -1.82. The molecule has 1 aromatic rings. The number of likely N-dealkylation sites (tertiary alicyclic amines) is 1. The fourth-order valence-corrected chi connectivity index (χ4v) is 2.51. The number of nitrogens with one attached hydrogen (secondary N) is 1. The number of halogens is 3. The largest absolute Gasteiger partial charge is 0.435 e. The molecular formula is C14H19F3N4O2. The van der Waals surface area contributed by atoms with Crippen LogP contribution in [0.4, 0.5) is 13.2 Å². The molecule has 1 saturated heterocycles. The normalized spacial score (nSPS) is 16.4. The van der Waals surface area contributed by atoms with Gasteiger partial charge in [0.2, 0.25) is 11.8 Å². The second kappa shape index (κ2) is 7.01. The summed E-state index contributed by atoms with van der Waals surface area (Å²) in [4.78, 5) is 24.6. The molecule has 1 aromatic heterocycles. The minimum absolute atomic E-state index is 0.0809. The zero-order valence-corrected chi connectivity index (χ0v) is 12.8. The molecule has 0 radical (unpaired) electrons.